The number of nitrogens with zero attached hydrogens (tertiary/aromatic N) is 1. The highest BCUT2D eigenvalue weighted by Crippen LogP contribution is 2.28. The normalized spacial score (nSPS) is 9.90. The first kappa shape index (κ1) is 8.36. The van der Waals surface area contributed by atoms with E-state index in [0.717, 1.165) is 3.57 Å². The highest BCUT2D eigenvalue weighted by Gasteiger charge is 2.05. The van der Waals surface area contributed by atoms with Crippen molar-refractivity contribution in [1.82, 2.24) is 4.98 Å². The predicted molar refractivity (Wildman–Crippen MR) is 51.4 cm³/mol. The quantitative estimate of drug-likeness (QED) is 0.589. The first-order chi connectivity index (χ1) is 4.63. The molecule has 0 aliphatic rings. The number of anilines is 1. The number of nitrogen functional groups attached to an aromatic ring is 1. The second-order valence-corrected chi connectivity index (χ2v) is 3.52. The molecule has 1 heterocycles. The Labute approximate surface area is 81.9 Å². The predicted octanol–water partition coefficient (Wildman–Crippen LogP) is 2.58. The van der Waals surface area contributed by atoms with Gasteiger partial charge in [-0.15, -0.1) is 0 Å². The number of aromatic nitrogens is 1. The van der Waals surface area contributed by atoms with Gasteiger partial charge in [0.2, 0.25) is 0 Å². The minimum atomic E-state index is 0.250. The zero-order valence-electron chi connectivity index (χ0n) is 4.74. The summed E-state index contributed by atoms with van der Waals surface area (Å²) in [6.07, 6.45) is 1.57. The van der Waals surface area contributed by atoms with Gasteiger partial charge in [-0.1, -0.05) is 23.2 Å². The maximum absolute atomic E-state index is 5.66. The molecule has 0 spiro atoms. The molecule has 0 saturated heterocycles. The zero-order chi connectivity index (χ0) is 7.72. The van der Waals surface area contributed by atoms with Crippen LogP contribution in [0.2, 0.25) is 10.2 Å². The van der Waals surface area contributed by atoms with Crippen molar-refractivity contribution in [3.05, 3.63) is 19.9 Å². The van der Waals surface area contributed by atoms with E-state index in [1.165, 1.54) is 0 Å². The lowest BCUT2D eigenvalue weighted by atomic mass is 10.4. The minimum absolute atomic E-state index is 0.250. The second-order valence-electron chi connectivity index (χ2n) is 1.62. The van der Waals surface area contributed by atoms with E-state index in [-0.39, 0.29) is 5.15 Å². The van der Waals surface area contributed by atoms with Crippen LogP contribution in [0.1, 0.15) is 0 Å². The third kappa shape index (κ3) is 1.46. The SMILES string of the molecule is Nc1c(I)cnc(Cl)c1Cl. The summed E-state index contributed by atoms with van der Waals surface area (Å²) in [5.41, 5.74) is 6.01. The molecule has 2 N–H and O–H groups in total. The molecule has 1 aromatic heterocycles. The van der Waals surface area contributed by atoms with Gasteiger partial charge in [-0.3, -0.25) is 0 Å². The van der Waals surface area contributed by atoms with Gasteiger partial charge in [0.1, 0.15) is 10.2 Å². The van der Waals surface area contributed by atoms with Gasteiger partial charge >= 0.3 is 0 Å². The molecule has 54 valence electrons. The number of hydrogen-bond acceptors (Lipinski definition) is 2. The molecular formula is C5H3Cl2IN2. The van der Waals surface area contributed by atoms with Crippen molar-refractivity contribution in [3.63, 3.8) is 0 Å². The van der Waals surface area contributed by atoms with Crippen LogP contribution < -0.4 is 5.73 Å². The largest absolute Gasteiger partial charge is 0.397 e. The molecule has 1 rings (SSSR count). The molecule has 5 heteroatoms. The van der Waals surface area contributed by atoms with Crippen molar-refractivity contribution < 1.29 is 0 Å². The Morgan fingerprint density at radius 2 is 2.10 bits per heavy atom. The van der Waals surface area contributed by atoms with Crippen LogP contribution in [0, 0.1) is 3.57 Å². The van der Waals surface area contributed by atoms with E-state index >= 15 is 0 Å². The van der Waals surface area contributed by atoms with Crippen molar-refractivity contribution in [2.24, 2.45) is 0 Å². The average Bonchev–Trinajstić information content (AvgIpc) is 1.93. The molecule has 1 aromatic rings. The molecule has 0 aliphatic heterocycles. The summed E-state index contributed by atoms with van der Waals surface area (Å²) in [5, 5.41) is 0.577. The van der Waals surface area contributed by atoms with Crippen LogP contribution in [0.5, 0.6) is 0 Å². The Morgan fingerprint density at radius 3 is 2.60 bits per heavy atom. The Morgan fingerprint density at radius 1 is 1.50 bits per heavy atom. The van der Waals surface area contributed by atoms with Crippen LogP contribution in [0.15, 0.2) is 6.20 Å². The molecule has 2 nitrogen and oxygen atoms in total. The minimum Gasteiger partial charge on any atom is -0.397 e. The Kier molecular flexibility index (Phi) is 2.60. The average molecular weight is 289 g/mol. The summed E-state index contributed by atoms with van der Waals surface area (Å²) < 4.78 is 0.812. The van der Waals surface area contributed by atoms with Crippen molar-refractivity contribution in [2.75, 3.05) is 5.73 Å². The molecule has 0 radical (unpaired) electrons. The lowest BCUT2D eigenvalue weighted by Crippen LogP contribution is -1.92. The molecule has 0 saturated carbocycles. The van der Waals surface area contributed by atoms with E-state index < -0.39 is 0 Å². The highest BCUT2D eigenvalue weighted by molar-refractivity contribution is 14.1. The molecule has 0 aromatic carbocycles. The summed E-state index contributed by atoms with van der Waals surface area (Å²) >= 11 is 13.3. The van der Waals surface area contributed by atoms with Gasteiger partial charge in [0.25, 0.3) is 0 Å². The van der Waals surface area contributed by atoms with Gasteiger partial charge in [0, 0.05) is 6.20 Å². The Bertz CT molecular complexity index is 237. The third-order valence-electron chi connectivity index (χ3n) is 0.966. The lowest BCUT2D eigenvalue weighted by Gasteiger charge is -2.00. The van der Waals surface area contributed by atoms with Gasteiger partial charge in [-0.05, 0) is 22.6 Å². The lowest BCUT2D eigenvalue weighted by molar-refractivity contribution is 1.31. The van der Waals surface area contributed by atoms with Crippen molar-refractivity contribution in [2.45, 2.75) is 0 Å². The maximum atomic E-state index is 5.66. The molecule has 0 aliphatic carbocycles. The summed E-state index contributed by atoms with van der Waals surface area (Å²) in [5.74, 6) is 0. The molecule has 0 unspecified atom stereocenters. The molecule has 0 fully saturated rings. The Hall–Kier alpha value is 0.260. The summed E-state index contributed by atoms with van der Waals surface area (Å²) in [4.78, 5) is 3.79. The van der Waals surface area contributed by atoms with Crippen molar-refractivity contribution >= 4 is 51.5 Å². The topological polar surface area (TPSA) is 38.9 Å². The van der Waals surface area contributed by atoms with Crippen molar-refractivity contribution in [1.29, 1.82) is 0 Å². The second kappa shape index (κ2) is 3.11. The van der Waals surface area contributed by atoms with E-state index in [0.29, 0.717) is 10.7 Å². The van der Waals surface area contributed by atoms with Crippen molar-refractivity contribution in [3.8, 4) is 0 Å². The highest BCUT2D eigenvalue weighted by atomic mass is 127. The van der Waals surface area contributed by atoms with Crippen LogP contribution in [-0.2, 0) is 0 Å². The number of nitrogens with two attached hydrogens (primary N) is 1. The summed E-state index contributed by atoms with van der Waals surface area (Å²) in [6, 6.07) is 0. The van der Waals surface area contributed by atoms with Gasteiger partial charge in [0.15, 0.2) is 0 Å². The monoisotopic (exact) mass is 288 g/mol. The molecular weight excluding hydrogens is 286 g/mol. The van der Waals surface area contributed by atoms with Crippen LogP contribution in [0.3, 0.4) is 0 Å². The van der Waals surface area contributed by atoms with E-state index in [1.807, 2.05) is 22.6 Å². The van der Waals surface area contributed by atoms with Gasteiger partial charge in [0.05, 0.1) is 9.26 Å². The number of rotatable bonds is 0. The first-order valence-electron chi connectivity index (χ1n) is 2.38. The fourth-order valence-corrected chi connectivity index (χ4v) is 1.33. The zero-order valence-corrected chi connectivity index (χ0v) is 8.41. The van der Waals surface area contributed by atoms with E-state index in [2.05, 4.69) is 4.98 Å². The Balaban J connectivity index is 3.34. The molecule has 0 atom stereocenters. The van der Waals surface area contributed by atoms with E-state index in [1.54, 1.807) is 6.20 Å². The van der Waals surface area contributed by atoms with Gasteiger partial charge < -0.3 is 5.73 Å². The van der Waals surface area contributed by atoms with E-state index in [9.17, 15) is 0 Å². The van der Waals surface area contributed by atoms with Gasteiger partial charge in [-0.25, -0.2) is 4.98 Å². The standard InChI is InChI=1S/C5H3Cl2IN2/c6-3-4(9)2(8)1-10-5(3)7/h1H,(H2,9,10). The number of pyridine rings is 1. The number of halogens is 3. The van der Waals surface area contributed by atoms with Gasteiger partial charge in [-0.2, -0.15) is 0 Å². The fraction of sp³-hybridized carbons (Fsp3) is 0. The van der Waals surface area contributed by atoms with E-state index in [4.69, 9.17) is 28.9 Å². The maximum Gasteiger partial charge on any atom is 0.149 e. The number of hydrogen-bond donors (Lipinski definition) is 1. The van der Waals surface area contributed by atoms with Crippen LogP contribution >= 0.6 is 45.8 Å². The summed E-state index contributed by atoms with van der Waals surface area (Å²) in [7, 11) is 0. The smallest absolute Gasteiger partial charge is 0.149 e. The summed E-state index contributed by atoms with van der Waals surface area (Å²) in [6.45, 7) is 0. The third-order valence-corrected chi connectivity index (χ3v) is 2.59. The molecule has 10 heavy (non-hydrogen) atoms. The van der Waals surface area contributed by atoms with Crippen LogP contribution in [0.25, 0.3) is 0 Å². The van der Waals surface area contributed by atoms with Crippen LogP contribution in [0.4, 0.5) is 5.69 Å². The molecule has 0 amide bonds. The first-order valence-corrected chi connectivity index (χ1v) is 4.21. The fourth-order valence-electron chi connectivity index (χ4n) is 0.456. The van der Waals surface area contributed by atoms with Crippen LogP contribution in [-0.4, -0.2) is 4.98 Å². The molecule has 0 bridgehead atoms.